The monoisotopic (exact) mass is 428 g/mol. The molecular weight excluding hydrogens is 388 g/mol. The molecule has 0 fully saturated rings. The molecule has 2 aromatic carbocycles. The highest BCUT2D eigenvalue weighted by atomic mass is 16.5. The number of benzene rings is 2. The van der Waals surface area contributed by atoms with Gasteiger partial charge in [-0.3, -0.25) is 0 Å². The maximum absolute atomic E-state index is 5.84. The Morgan fingerprint density at radius 1 is 0.750 bits per heavy atom. The van der Waals surface area contributed by atoms with Crippen LogP contribution in [0.25, 0.3) is 11.1 Å². The van der Waals surface area contributed by atoms with Crippen LogP contribution in [0.1, 0.15) is 83.8 Å². The highest BCUT2D eigenvalue weighted by molar-refractivity contribution is 5.79. The van der Waals surface area contributed by atoms with Crippen LogP contribution in [-0.2, 0) is 4.74 Å². The van der Waals surface area contributed by atoms with E-state index in [0.717, 1.165) is 6.61 Å². The summed E-state index contributed by atoms with van der Waals surface area (Å²) in [6.07, 6.45) is 13.6. The van der Waals surface area contributed by atoms with Crippen molar-refractivity contribution in [3.63, 3.8) is 0 Å². The Labute approximate surface area is 195 Å². The number of fused-ring (bicyclic) bond motifs is 3. The van der Waals surface area contributed by atoms with Crippen LogP contribution >= 0.6 is 0 Å². The van der Waals surface area contributed by atoms with Gasteiger partial charge >= 0.3 is 0 Å². The quantitative estimate of drug-likeness (QED) is 0.363. The van der Waals surface area contributed by atoms with Gasteiger partial charge in [0.05, 0.1) is 5.60 Å². The molecule has 0 aromatic heterocycles. The molecule has 0 bridgehead atoms. The van der Waals surface area contributed by atoms with E-state index in [2.05, 4.69) is 101 Å². The van der Waals surface area contributed by atoms with Gasteiger partial charge in [0, 0.05) is 18.4 Å². The molecule has 2 aliphatic rings. The zero-order valence-electron chi connectivity index (χ0n) is 20.7. The van der Waals surface area contributed by atoms with Gasteiger partial charge in [-0.05, 0) is 67.7 Å². The number of rotatable bonds is 9. The smallest absolute Gasteiger partial charge is 0.0598 e. The zero-order chi connectivity index (χ0) is 22.8. The fraction of sp³-hybridized carbons (Fsp3) is 0.484. The third-order valence-electron chi connectivity index (χ3n) is 7.24. The van der Waals surface area contributed by atoms with Gasteiger partial charge in [-0.1, -0.05) is 99.0 Å². The van der Waals surface area contributed by atoms with E-state index in [1.165, 1.54) is 59.9 Å². The second kappa shape index (κ2) is 9.40. The van der Waals surface area contributed by atoms with E-state index in [1.54, 1.807) is 0 Å². The summed E-state index contributed by atoms with van der Waals surface area (Å²) in [4.78, 5) is 0. The Bertz CT molecular complexity index is 940. The zero-order valence-corrected chi connectivity index (χ0v) is 20.7. The summed E-state index contributed by atoms with van der Waals surface area (Å²) in [6.45, 7) is 12.2. The van der Waals surface area contributed by atoms with Crippen LogP contribution in [0.4, 0.5) is 0 Å². The van der Waals surface area contributed by atoms with Crippen LogP contribution in [0.15, 0.2) is 72.3 Å². The maximum Gasteiger partial charge on any atom is 0.0598 e. The second-order valence-electron chi connectivity index (χ2n) is 11.2. The molecule has 1 heteroatoms. The number of hydrogen-bond donors (Lipinski definition) is 0. The van der Waals surface area contributed by atoms with Crippen molar-refractivity contribution in [2.75, 3.05) is 6.61 Å². The molecule has 0 amide bonds. The van der Waals surface area contributed by atoms with Gasteiger partial charge in [0.25, 0.3) is 0 Å². The van der Waals surface area contributed by atoms with E-state index in [4.69, 9.17) is 4.74 Å². The number of allylic oxidation sites excluding steroid dienone is 4. The highest BCUT2D eigenvalue weighted by Gasteiger charge is 2.42. The van der Waals surface area contributed by atoms with Crippen molar-refractivity contribution in [1.82, 2.24) is 0 Å². The summed E-state index contributed by atoms with van der Waals surface area (Å²) in [5.41, 5.74) is 7.46. The summed E-state index contributed by atoms with van der Waals surface area (Å²) in [5, 5.41) is 0. The lowest BCUT2D eigenvalue weighted by atomic mass is 9.66. The van der Waals surface area contributed by atoms with E-state index in [9.17, 15) is 0 Å². The van der Waals surface area contributed by atoms with Crippen LogP contribution in [0.2, 0.25) is 0 Å². The number of hydrogen-bond acceptors (Lipinski definition) is 1. The normalized spacial score (nSPS) is 18.0. The first-order chi connectivity index (χ1) is 15.3. The van der Waals surface area contributed by atoms with Gasteiger partial charge in [0.2, 0.25) is 0 Å². The van der Waals surface area contributed by atoms with Gasteiger partial charge in [-0.15, -0.1) is 0 Å². The fourth-order valence-corrected chi connectivity index (χ4v) is 5.51. The van der Waals surface area contributed by atoms with Crippen molar-refractivity contribution in [2.24, 2.45) is 11.3 Å². The Hall–Kier alpha value is -2.12. The lowest BCUT2D eigenvalue weighted by Crippen LogP contribution is -2.28. The van der Waals surface area contributed by atoms with Crippen LogP contribution in [0, 0.1) is 11.3 Å². The molecule has 1 atom stereocenters. The Morgan fingerprint density at radius 2 is 1.34 bits per heavy atom. The van der Waals surface area contributed by atoms with Gasteiger partial charge in [0.1, 0.15) is 0 Å². The summed E-state index contributed by atoms with van der Waals surface area (Å²) >= 11 is 0. The maximum atomic E-state index is 5.84. The summed E-state index contributed by atoms with van der Waals surface area (Å²) < 4.78 is 5.84. The summed E-state index contributed by atoms with van der Waals surface area (Å²) in [6, 6.07) is 18.0. The molecule has 0 saturated carbocycles. The van der Waals surface area contributed by atoms with E-state index >= 15 is 0 Å². The average Bonchev–Trinajstić information content (AvgIpc) is 3.36. The van der Waals surface area contributed by atoms with Crippen molar-refractivity contribution in [2.45, 2.75) is 78.2 Å². The van der Waals surface area contributed by atoms with Gasteiger partial charge in [-0.25, -0.2) is 0 Å². The molecule has 0 heterocycles. The third-order valence-corrected chi connectivity index (χ3v) is 7.24. The minimum absolute atomic E-state index is 0.0123. The SMILES string of the molecule is CC(C)(C)OCCCCCCC1=CC(C(C)(C)C2c3ccccc3-c3ccccc32)C=C1. The molecule has 0 saturated heterocycles. The molecule has 2 aliphatic carbocycles. The largest absolute Gasteiger partial charge is 0.376 e. The van der Waals surface area contributed by atoms with Crippen molar-refractivity contribution < 1.29 is 4.74 Å². The van der Waals surface area contributed by atoms with E-state index < -0.39 is 0 Å². The minimum atomic E-state index is -0.0123. The average molecular weight is 429 g/mol. The predicted octanol–water partition coefficient (Wildman–Crippen LogP) is 8.70. The van der Waals surface area contributed by atoms with Crippen LogP contribution in [-0.4, -0.2) is 12.2 Å². The Balaban J connectivity index is 1.37. The molecule has 0 spiro atoms. The highest BCUT2D eigenvalue weighted by Crippen LogP contribution is 2.56. The summed E-state index contributed by atoms with van der Waals surface area (Å²) in [5.74, 6) is 0.907. The molecule has 0 radical (unpaired) electrons. The first-order valence-electron chi connectivity index (χ1n) is 12.5. The molecule has 4 rings (SSSR count). The molecule has 0 N–H and O–H groups in total. The first kappa shape index (κ1) is 23.1. The Morgan fingerprint density at radius 3 is 1.97 bits per heavy atom. The van der Waals surface area contributed by atoms with E-state index in [-0.39, 0.29) is 11.0 Å². The predicted molar refractivity (Wildman–Crippen MR) is 137 cm³/mol. The molecule has 170 valence electrons. The first-order valence-corrected chi connectivity index (χ1v) is 12.5. The molecule has 2 aromatic rings. The number of unbranched alkanes of at least 4 members (excludes halogenated alkanes) is 3. The molecule has 1 nitrogen and oxygen atoms in total. The molecule has 1 unspecified atom stereocenters. The number of ether oxygens (including phenoxy) is 1. The minimum Gasteiger partial charge on any atom is -0.376 e. The van der Waals surface area contributed by atoms with Crippen molar-refractivity contribution in [3.8, 4) is 11.1 Å². The molecular formula is C31H40O. The van der Waals surface area contributed by atoms with Crippen molar-refractivity contribution in [3.05, 3.63) is 83.5 Å². The van der Waals surface area contributed by atoms with Crippen LogP contribution in [0.5, 0.6) is 0 Å². The van der Waals surface area contributed by atoms with Crippen LogP contribution < -0.4 is 0 Å². The van der Waals surface area contributed by atoms with Gasteiger partial charge in [0.15, 0.2) is 0 Å². The standard InChI is InChI=1S/C31H40O/c1-30(2,3)32-21-13-7-6-8-14-23-19-20-24(22-23)31(4,5)29-27-17-11-9-15-25(27)26-16-10-12-18-28(26)29/h9-12,15-20,22,24,29H,6-8,13-14,21H2,1-5H3. The van der Waals surface area contributed by atoms with Crippen molar-refractivity contribution >= 4 is 0 Å². The van der Waals surface area contributed by atoms with Crippen molar-refractivity contribution in [1.29, 1.82) is 0 Å². The summed E-state index contributed by atoms with van der Waals surface area (Å²) in [7, 11) is 0. The van der Waals surface area contributed by atoms with E-state index in [1.807, 2.05) is 0 Å². The molecule has 0 aliphatic heterocycles. The van der Waals surface area contributed by atoms with Gasteiger partial charge < -0.3 is 4.74 Å². The fourth-order valence-electron chi connectivity index (χ4n) is 5.51. The second-order valence-corrected chi connectivity index (χ2v) is 11.2. The third kappa shape index (κ3) is 4.94. The lowest BCUT2D eigenvalue weighted by Gasteiger charge is -2.37. The van der Waals surface area contributed by atoms with Gasteiger partial charge in [-0.2, -0.15) is 0 Å². The topological polar surface area (TPSA) is 9.23 Å². The Kier molecular flexibility index (Phi) is 6.77. The van der Waals surface area contributed by atoms with E-state index in [0.29, 0.717) is 11.8 Å². The van der Waals surface area contributed by atoms with Crippen LogP contribution in [0.3, 0.4) is 0 Å². The lowest BCUT2D eigenvalue weighted by molar-refractivity contribution is -0.00473. The molecule has 32 heavy (non-hydrogen) atoms.